The molecule has 2 heteroatoms. The van der Waals surface area contributed by atoms with Gasteiger partial charge in [-0.1, -0.05) is 29.5 Å². The lowest BCUT2D eigenvalue weighted by Gasteiger charge is -1.90. The van der Waals surface area contributed by atoms with Gasteiger partial charge in [0.25, 0.3) is 0 Å². The smallest absolute Gasteiger partial charge is 0.00704 e. The van der Waals surface area contributed by atoms with Crippen LogP contribution in [0.4, 0.5) is 0 Å². The summed E-state index contributed by atoms with van der Waals surface area (Å²) < 4.78 is 1.06. The van der Waals surface area contributed by atoms with E-state index in [4.69, 9.17) is 5.41 Å². The Bertz CT molecular complexity index is 44.8. The molecule has 0 aromatic carbocycles. The number of hydrogen-bond donors (Lipinski definition) is 1. The standard InChI is InChI=1S/C4H8IN/c1-4(2-5)3-6/h3-4,6H,2H2,1H3. The molecule has 0 heterocycles. The van der Waals surface area contributed by atoms with Crippen LogP contribution >= 0.6 is 22.6 Å². The van der Waals surface area contributed by atoms with Crippen LogP contribution in [0.15, 0.2) is 0 Å². The van der Waals surface area contributed by atoms with E-state index in [-0.39, 0.29) is 0 Å². The maximum Gasteiger partial charge on any atom is 0.00704 e. The highest BCUT2D eigenvalue weighted by molar-refractivity contribution is 14.1. The maximum absolute atomic E-state index is 6.68. The molecule has 0 saturated carbocycles. The molecule has 0 aromatic rings. The molecule has 0 rings (SSSR count). The summed E-state index contributed by atoms with van der Waals surface area (Å²) in [5, 5.41) is 6.68. The molecule has 0 aliphatic carbocycles. The van der Waals surface area contributed by atoms with Crippen molar-refractivity contribution in [2.75, 3.05) is 4.43 Å². The van der Waals surface area contributed by atoms with Gasteiger partial charge in [-0.3, -0.25) is 0 Å². The molecule has 36 valence electrons. The quantitative estimate of drug-likeness (QED) is 0.395. The monoisotopic (exact) mass is 197 g/mol. The predicted octanol–water partition coefficient (Wildman–Crippen LogP) is 1.71. The molecule has 0 aliphatic rings. The van der Waals surface area contributed by atoms with E-state index in [9.17, 15) is 0 Å². The molecule has 0 bridgehead atoms. The summed E-state index contributed by atoms with van der Waals surface area (Å²) in [5.74, 6) is 0.464. The Balaban J connectivity index is 2.96. The molecule has 0 amide bonds. The summed E-state index contributed by atoms with van der Waals surface area (Å²) in [6.45, 7) is 2.03. The first-order valence-corrected chi connectivity index (χ1v) is 3.40. The number of alkyl halides is 1. The van der Waals surface area contributed by atoms with E-state index in [2.05, 4.69) is 22.6 Å². The maximum atomic E-state index is 6.68. The first-order valence-electron chi connectivity index (χ1n) is 1.87. The van der Waals surface area contributed by atoms with Crippen molar-refractivity contribution in [3.63, 3.8) is 0 Å². The minimum absolute atomic E-state index is 0.464. The van der Waals surface area contributed by atoms with Gasteiger partial charge in [-0.2, -0.15) is 0 Å². The SMILES string of the molecule is CC(C=N)CI. The predicted molar refractivity (Wildman–Crippen MR) is 36.8 cm³/mol. The van der Waals surface area contributed by atoms with Crippen LogP contribution in [-0.4, -0.2) is 10.6 Å². The number of nitrogens with one attached hydrogen (secondary N) is 1. The summed E-state index contributed by atoms with van der Waals surface area (Å²) in [6, 6.07) is 0. The Morgan fingerprint density at radius 1 is 2.00 bits per heavy atom. The lowest BCUT2D eigenvalue weighted by molar-refractivity contribution is 0.934. The fourth-order valence-corrected chi connectivity index (χ4v) is 0.299. The van der Waals surface area contributed by atoms with Gasteiger partial charge in [-0.25, -0.2) is 0 Å². The van der Waals surface area contributed by atoms with Crippen LogP contribution in [0.5, 0.6) is 0 Å². The zero-order valence-electron chi connectivity index (χ0n) is 3.74. The first kappa shape index (κ1) is 6.40. The van der Waals surface area contributed by atoms with E-state index in [1.165, 1.54) is 6.21 Å². The summed E-state index contributed by atoms with van der Waals surface area (Å²) in [4.78, 5) is 0. The Morgan fingerprint density at radius 3 is 2.50 bits per heavy atom. The second-order valence-corrected chi connectivity index (χ2v) is 2.18. The third-order valence-corrected chi connectivity index (χ3v) is 1.92. The van der Waals surface area contributed by atoms with Gasteiger partial charge < -0.3 is 5.41 Å². The Kier molecular flexibility index (Phi) is 3.82. The normalized spacial score (nSPS) is 13.7. The summed E-state index contributed by atoms with van der Waals surface area (Å²) in [5.41, 5.74) is 0. The van der Waals surface area contributed by atoms with Gasteiger partial charge in [-0.15, -0.1) is 0 Å². The van der Waals surface area contributed by atoms with Crippen molar-refractivity contribution in [3.05, 3.63) is 0 Å². The third-order valence-electron chi connectivity index (χ3n) is 0.528. The molecule has 6 heavy (non-hydrogen) atoms. The number of halogens is 1. The van der Waals surface area contributed by atoms with Gasteiger partial charge in [0.2, 0.25) is 0 Å². The van der Waals surface area contributed by atoms with Crippen LogP contribution in [-0.2, 0) is 0 Å². The van der Waals surface area contributed by atoms with Crippen LogP contribution in [0.25, 0.3) is 0 Å². The van der Waals surface area contributed by atoms with Crippen LogP contribution in [0, 0.1) is 11.3 Å². The van der Waals surface area contributed by atoms with Crippen molar-refractivity contribution in [3.8, 4) is 0 Å². The van der Waals surface area contributed by atoms with Gasteiger partial charge in [-0.05, 0) is 12.1 Å². The van der Waals surface area contributed by atoms with Gasteiger partial charge in [0.05, 0.1) is 0 Å². The van der Waals surface area contributed by atoms with Crippen molar-refractivity contribution in [1.82, 2.24) is 0 Å². The second-order valence-electron chi connectivity index (χ2n) is 1.30. The van der Waals surface area contributed by atoms with Gasteiger partial charge in [0.15, 0.2) is 0 Å². The van der Waals surface area contributed by atoms with Crippen LogP contribution in [0.3, 0.4) is 0 Å². The first-order chi connectivity index (χ1) is 2.81. The summed E-state index contributed by atoms with van der Waals surface area (Å²) in [6.07, 6.45) is 1.46. The molecule has 0 aliphatic heterocycles. The lowest BCUT2D eigenvalue weighted by Crippen LogP contribution is -1.93. The van der Waals surface area contributed by atoms with Crippen molar-refractivity contribution in [2.24, 2.45) is 5.92 Å². The van der Waals surface area contributed by atoms with Gasteiger partial charge in [0, 0.05) is 4.43 Å². The average Bonchev–Trinajstić information content (AvgIpc) is 1.65. The molecule has 1 N–H and O–H groups in total. The largest absolute Gasteiger partial charge is 0.313 e. The van der Waals surface area contributed by atoms with Crippen molar-refractivity contribution < 1.29 is 0 Å². The molecule has 1 atom stereocenters. The average molecular weight is 197 g/mol. The Hall–Kier alpha value is 0.400. The highest BCUT2D eigenvalue weighted by Crippen LogP contribution is 1.93. The Labute approximate surface area is 51.8 Å². The molecule has 0 aromatic heterocycles. The molecule has 0 radical (unpaired) electrons. The molecular weight excluding hydrogens is 189 g/mol. The van der Waals surface area contributed by atoms with Crippen molar-refractivity contribution >= 4 is 28.8 Å². The highest BCUT2D eigenvalue weighted by atomic mass is 127. The molecule has 0 spiro atoms. The van der Waals surface area contributed by atoms with Crippen LogP contribution < -0.4 is 0 Å². The lowest BCUT2D eigenvalue weighted by atomic mass is 10.3. The summed E-state index contributed by atoms with van der Waals surface area (Å²) >= 11 is 2.26. The number of hydrogen-bond acceptors (Lipinski definition) is 1. The van der Waals surface area contributed by atoms with Gasteiger partial charge in [0.1, 0.15) is 0 Å². The third kappa shape index (κ3) is 2.63. The van der Waals surface area contributed by atoms with E-state index >= 15 is 0 Å². The van der Waals surface area contributed by atoms with Crippen LogP contribution in [0.2, 0.25) is 0 Å². The molecule has 0 saturated heterocycles. The zero-order valence-corrected chi connectivity index (χ0v) is 5.90. The summed E-state index contributed by atoms with van der Waals surface area (Å²) in [7, 11) is 0. The molecule has 0 fully saturated rings. The van der Waals surface area contributed by atoms with Crippen LogP contribution in [0.1, 0.15) is 6.92 Å². The van der Waals surface area contributed by atoms with Gasteiger partial charge >= 0.3 is 0 Å². The van der Waals surface area contributed by atoms with Crippen molar-refractivity contribution in [1.29, 1.82) is 5.41 Å². The fourth-order valence-electron chi connectivity index (χ4n) is 0.0445. The van der Waals surface area contributed by atoms with E-state index < -0.39 is 0 Å². The van der Waals surface area contributed by atoms with E-state index in [0.717, 1.165) is 4.43 Å². The van der Waals surface area contributed by atoms with E-state index in [0.29, 0.717) is 5.92 Å². The van der Waals surface area contributed by atoms with Crippen molar-refractivity contribution in [2.45, 2.75) is 6.92 Å². The Morgan fingerprint density at radius 2 is 2.50 bits per heavy atom. The topological polar surface area (TPSA) is 23.9 Å². The van der Waals surface area contributed by atoms with E-state index in [1.807, 2.05) is 6.92 Å². The minimum atomic E-state index is 0.464. The second kappa shape index (κ2) is 3.59. The molecular formula is C4H8IN. The fraction of sp³-hybridized carbons (Fsp3) is 0.750. The number of rotatable bonds is 2. The minimum Gasteiger partial charge on any atom is -0.313 e. The zero-order chi connectivity index (χ0) is 4.99. The molecule has 1 nitrogen and oxygen atoms in total. The van der Waals surface area contributed by atoms with E-state index in [1.54, 1.807) is 0 Å². The highest BCUT2D eigenvalue weighted by Gasteiger charge is 1.87. The molecule has 1 unspecified atom stereocenters.